The minimum absolute atomic E-state index is 0.0800. The molecular weight excluding hydrogens is 278 g/mol. The van der Waals surface area contributed by atoms with E-state index in [-0.39, 0.29) is 23.5 Å². The summed E-state index contributed by atoms with van der Waals surface area (Å²) in [6.07, 6.45) is 1.14. The van der Waals surface area contributed by atoms with Crippen LogP contribution in [-0.2, 0) is 6.54 Å². The molecule has 0 aliphatic rings. The van der Waals surface area contributed by atoms with Gasteiger partial charge in [0.15, 0.2) is 0 Å². The quantitative estimate of drug-likeness (QED) is 0.632. The lowest BCUT2D eigenvalue weighted by atomic mass is 10.1. The number of primary amides is 1. The molecule has 0 unspecified atom stereocenters. The molecule has 0 saturated heterocycles. The monoisotopic (exact) mass is 289 g/mol. The first kappa shape index (κ1) is 14.3. The molecule has 0 spiro atoms. The number of nitro groups is 1. The van der Waals surface area contributed by atoms with Gasteiger partial charge in [-0.15, -0.1) is 0 Å². The van der Waals surface area contributed by atoms with Crippen LogP contribution < -0.4 is 5.73 Å². The SMILES string of the molecule is NC(=O)c1cccc(Cn2cc([N+](=O)[O-])cc2C(=O)O)c1. The average molecular weight is 289 g/mol. The lowest BCUT2D eigenvalue weighted by Gasteiger charge is -2.06. The van der Waals surface area contributed by atoms with Crippen molar-refractivity contribution in [1.29, 1.82) is 0 Å². The van der Waals surface area contributed by atoms with Crippen LogP contribution in [0, 0.1) is 10.1 Å². The highest BCUT2D eigenvalue weighted by Crippen LogP contribution is 2.18. The summed E-state index contributed by atoms with van der Waals surface area (Å²) in [6, 6.07) is 7.31. The van der Waals surface area contributed by atoms with E-state index in [0.717, 1.165) is 12.3 Å². The third-order valence-electron chi connectivity index (χ3n) is 2.88. The number of nitrogens with two attached hydrogens (primary N) is 1. The number of carboxylic acid groups (broad SMARTS) is 1. The van der Waals surface area contributed by atoms with Gasteiger partial charge in [-0.3, -0.25) is 14.9 Å². The number of carboxylic acids is 1. The fourth-order valence-electron chi connectivity index (χ4n) is 1.92. The van der Waals surface area contributed by atoms with Crippen LogP contribution in [0.4, 0.5) is 5.69 Å². The van der Waals surface area contributed by atoms with Crippen molar-refractivity contribution in [3.63, 3.8) is 0 Å². The Bertz CT molecular complexity index is 735. The molecule has 21 heavy (non-hydrogen) atoms. The van der Waals surface area contributed by atoms with E-state index in [1.54, 1.807) is 12.1 Å². The number of aromatic carboxylic acids is 1. The molecule has 1 aromatic carbocycles. The first-order chi connectivity index (χ1) is 9.88. The number of amides is 1. The molecule has 0 bridgehead atoms. The van der Waals surface area contributed by atoms with Crippen LogP contribution in [0.15, 0.2) is 36.5 Å². The Morgan fingerprint density at radius 3 is 2.62 bits per heavy atom. The third kappa shape index (κ3) is 3.06. The molecule has 1 heterocycles. The maximum absolute atomic E-state index is 11.1. The van der Waals surface area contributed by atoms with Gasteiger partial charge in [-0.2, -0.15) is 0 Å². The lowest BCUT2D eigenvalue weighted by Crippen LogP contribution is -2.12. The molecule has 8 nitrogen and oxygen atoms in total. The van der Waals surface area contributed by atoms with Gasteiger partial charge in [0.1, 0.15) is 5.69 Å². The minimum Gasteiger partial charge on any atom is -0.477 e. The Hall–Kier alpha value is -3.16. The van der Waals surface area contributed by atoms with Crippen LogP contribution >= 0.6 is 0 Å². The Kier molecular flexibility index (Phi) is 3.70. The Morgan fingerprint density at radius 1 is 1.33 bits per heavy atom. The first-order valence-corrected chi connectivity index (χ1v) is 5.85. The van der Waals surface area contributed by atoms with E-state index in [1.807, 2.05) is 0 Å². The number of carbonyl (C=O) groups excluding carboxylic acids is 1. The topological polar surface area (TPSA) is 128 Å². The van der Waals surface area contributed by atoms with E-state index in [1.165, 1.54) is 16.7 Å². The second kappa shape index (κ2) is 5.45. The Morgan fingerprint density at radius 2 is 2.05 bits per heavy atom. The van der Waals surface area contributed by atoms with E-state index >= 15 is 0 Å². The Labute approximate surface area is 118 Å². The molecule has 2 rings (SSSR count). The molecular formula is C13H11N3O5. The van der Waals surface area contributed by atoms with Crippen LogP contribution in [0.2, 0.25) is 0 Å². The van der Waals surface area contributed by atoms with Crippen molar-refractivity contribution in [3.8, 4) is 0 Å². The van der Waals surface area contributed by atoms with Gasteiger partial charge >= 0.3 is 5.97 Å². The van der Waals surface area contributed by atoms with Crippen molar-refractivity contribution in [2.45, 2.75) is 6.54 Å². The number of hydrogen-bond acceptors (Lipinski definition) is 4. The van der Waals surface area contributed by atoms with Gasteiger partial charge in [0.25, 0.3) is 5.69 Å². The summed E-state index contributed by atoms with van der Waals surface area (Å²) >= 11 is 0. The van der Waals surface area contributed by atoms with Crippen LogP contribution in [0.5, 0.6) is 0 Å². The first-order valence-electron chi connectivity index (χ1n) is 5.85. The number of rotatable bonds is 5. The van der Waals surface area contributed by atoms with E-state index in [4.69, 9.17) is 10.8 Å². The van der Waals surface area contributed by atoms with Crippen LogP contribution in [0.25, 0.3) is 0 Å². The van der Waals surface area contributed by atoms with Gasteiger partial charge < -0.3 is 15.4 Å². The third-order valence-corrected chi connectivity index (χ3v) is 2.88. The normalized spacial score (nSPS) is 10.3. The number of aromatic nitrogens is 1. The summed E-state index contributed by atoms with van der Waals surface area (Å²) in [6.45, 7) is 0.0800. The van der Waals surface area contributed by atoms with Gasteiger partial charge in [-0.05, 0) is 17.7 Å². The highest BCUT2D eigenvalue weighted by molar-refractivity contribution is 5.92. The van der Waals surface area contributed by atoms with E-state index in [0.29, 0.717) is 5.56 Å². The number of hydrogen-bond donors (Lipinski definition) is 2. The summed E-state index contributed by atoms with van der Waals surface area (Å²) in [5.74, 6) is -1.87. The van der Waals surface area contributed by atoms with E-state index in [2.05, 4.69) is 0 Å². The van der Waals surface area contributed by atoms with Gasteiger partial charge in [0.05, 0.1) is 11.1 Å². The fraction of sp³-hybridized carbons (Fsp3) is 0.0769. The van der Waals surface area contributed by atoms with Gasteiger partial charge in [-0.25, -0.2) is 4.79 Å². The van der Waals surface area contributed by atoms with Crippen LogP contribution in [0.3, 0.4) is 0 Å². The number of benzene rings is 1. The zero-order valence-corrected chi connectivity index (χ0v) is 10.7. The molecule has 0 aliphatic heterocycles. The van der Waals surface area contributed by atoms with Gasteiger partial charge in [-0.1, -0.05) is 12.1 Å². The van der Waals surface area contributed by atoms with Crippen molar-refractivity contribution in [2.75, 3.05) is 0 Å². The second-order valence-corrected chi connectivity index (χ2v) is 4.34. The lowest BCUT2D eigenvalue weighted by molar-refractivity contribution is -0.384. The maximum Gasteiger partial charge on any atom is 0.352 e. The zero-order valence-electron chi connectivity index (χ0n) is 10.7. The van der Waals surface area contributed by atoms with Crippen molar-refractivity contribution >= 4 is 17.6 Å². The smallest absolute Gasteiger partial charge is 0.352 e. The summed E-state index contributed by atoms with van der Waals surface area (Å²) < 4.78 is 1.24. The predicted molar refractivity (Wildman–Crippen MR) is 72.1 cm³/mol. The zero-order chi connectivity index (χ0) is 15.6. The molecule has 1 amide bonds. The minimum atomic E-state index is -1.27. The van der Waals surface area contributed by atoms with Gasteiger partial charge in [0.2, 0.25) is 5.91 Å². The van der Waals surface area contributed by atoms with Crippen molar-refractivity contribution < 1.29 is 19.6 Å². The van der Waals surface area contributed by atoms with Crippen LogP contribution in [0.1, 0.15) is 26.4 Å². The van der Waals surface area contributed by atoms with Crippen molar-refractivity contribution in [1.82, 2.24) is 4.57 Å². The molecule has 1 aromatic heterocycles. The fourth-order valence-corrected chi connectivity index (χ4v) is 1.92. The molecule has 2 aromatic rings. The summed E-state index contributed by atoms with van der Waals surface area (Å²) in [4.78, 5) is 32.3. The summed E-state index contributed by atoms with van der Waals surface area (Å²) in [5, 5.41) is 19.8. The Balaban J connectivity index is 2.39. The predicted octanol–water partition coefficient (Wildman–Crippen LogP) is 1.24. The highest BCUT2D eigenvalue weighted by atomic mass is 16.6. The summed E-state index contributed by atoms with van der Waals surface area (Å²) in [7, 11) is 0. The standard InChI is InChI=1S/C13H11N3O5/c14-12(17)9-3-1-2-8(4-9)6-15-7-10(16(20)21)5-11(15)13(18)19/h1-5,7H,6H2,(H2,14,17)(H,18,19). The molecule has 0 saturated carbocycles. The van der Waals surface area contributed by atoms with Gasteiger partial charge in [0, 0.05) is 18.2 Å². The largest absolute Gasteiger partial charge is 0.477 e. The molecule has 3 N–H and O–H groups in total. The molecule has 8 heteroatoms. The number of nitrogens with zero attached hydrogens (tertiary/aromatic N) is 2. The summed E-state index contributed by atoms with van der Waals surface area (Å²) in [5.41, 5.74) is 5.55. The highest BCUT2D eigenvalue weighted by Gasteiger charge is 2.18. The molecule has 0 fully saturated rings. The van der Waals surface area contributed by atoms with Crippen LogP contribution in [-0.4, -0.2) is 26.5 Å². The van der Waals surface area contributed by atoms with E-state index < -0.39 is 16.8 Å². The average Bonchev–Trinajstić information content (AvgIpc) is 2.83. The molecule has 0 atom stereocenters. The molecule has 0 radical (unpaired) electrons. The number of carbonyl (C=O) groups is 2. The molecule has 108 valence electrons. The maximum atomic E-state index is 11.1. The second-order valence-electron chi connectivity index (χ2n) is 4.34. The van der Waals surface area contributed by atoms with Crippen molar-refractivity contribution in [3.05, 3.63) is 63.5 Å². The van der Waals surface area contributed by atoms with E-state index in [9.17, 15) is 19.7 Å². The van der Waals surface area contributed by atoms with Crippen molar-refractivity contribution in [2.24, 2.45) is 5.73 Å². The molecule has 0 aliphatic carbocycles.